The molecule has 7 aromatic rings. The Hall–Kier alpha value is -4.57. The summed E-state index contributed by atoms with van der Waals surface area (Å²) in [4.78, 5) is 14.7. The smallest absolute Gasteiger partial charge is 0.165 e. The van der Waals surface area contributed by atoms with Gasteiger partial charge in [-0.05, 0) is 81.3 Å². The van der Waals surface area contributed by atoms with E-state index >= 15 is 0 Å². The first-order valence-electron chi connectivity index (χ1n) is 12.1. The summed E-state index contributed by atoms with van der Waals surface area (Å²) >= 11 is 0. The molecule has 0 N–H and O–H groups in total. The number of fused-ring (bicyclic) bond motifs is 16. The Bertz CT molecular complexity index is 2070. The molecule has 4 heterocycles. The van der Waals surface area contributed by atoms with Crippen LogP contribution >= 0.6 is 0 Å². The molecule has 0 fully saturated rings. The molecule has 0 amide bonds. The molecule has 2 aliphatic rings. The molecule has 0 saturated heterocycles. The van der Waals surface area contributed by atoms with E-state index in [0.717, 1.165) is 51.5 Å². The van der Waals surface area contributed by atoms with E-state index in [1.54, 1.807) is 0 Å². The number of hydrogen-bond donors (Lipinski definition) is 0. The molecule has 162 valence electrons. The van der Waals surface area contributed by atoms with Crippen LogP contribution in [0.5, 0.6) is 0 Å². The van der Waals surface area contributed by atoms with Crippen molar-refractivity contribution in [1.29, 1.82) is 0 Å². The molecule has 4 heteroatoms. The van der Waals surface area contributed by atoms with Crippen molar-refractivity contribution >= 4 is 38.6 Å². The third-order valence-corrected chi connectivity index (χ3v) is 7.94. The molecule has 4 nitrogen and oxygen atoms in total. The minimum atomic E-state index is 0.899. The Morgan fingerprint density at radius 1 is 0.571 bits per heavy atom. The maximum absolute atomic E-state index is 5.25. The van der Waals surface area contributed by atoms with E-state index in [4.69, 9.17) is 15.0 Å². The van der Waals surface area contributed by atoms with Crippen LogP contribution in [-0.4, -0.2) is 19.4 Å². The van der Waals surface area contributed by atoms with Gasteiger partial charge in [-0.3, -0.25) is 14.4 Å². The lowest BCUT2D eigenvalue weighted by atomic mass is 9.95. The molecule has 0 atom stereocenters. The van der Waals surface area contributed by atoms with Crippen molar-refractivity contribution in [3.8, 4) is 22.3 Å². The molecule has 9 rings (SSSR count). The van der Waals surface area contributed by atoms with Gasteiger partial charge >= 0.3 is 0 Å². The van der Waals surface area contributed by atoms with Crippen LogP contribution in [0.15, 0.2) is 85.2 Å². The second-order valence-corrected chi connectivity index (χ2v) is 9.64. The molecule has 0 spiro atoms. The summed E-state index contributed by atoms with van der Waals surface area (Å²) in [5.74, 6) is 0. The van der Waals surface area contributed by atoms with Gasteiger partial charge in [0, 0.05) is 24.2 Å². The molecule has 35 heavy (non-hydrogen) atoms. The lowest BCUT2D eigenvalue weighted by molar-refractivity contribution is 1.24. The summed E-state index contributed by atoms with van der Waals surface area (Å²) in [5, 5.41) is 1.04. The van der Waals surface area contributed by atoms with E-state index in [2.05, 4.69) is 65.1 Å². The van der Waals surface area contributed by atoms with Gasteiger partial charge in [0.1, 0.15) is 5.52 Å². The summed E-state index contributed by atoms with van der Waals surface area (Å²) in [5.41, 5.74) is 17.2. The average molecular weight is 447 g/mol. The van der Waals surface area contributed by atoms with E-state index in [9.17, 15) is 0 Å². The molecule has 3 aromatic carbocycles. The van der Waals surface area contributed by atoms with Crippen molar-refractivity contribution in [2.24, 2.45) is 0 Å². The van der Waals surface area contributed by atoms with Crippen LogP contribution in [0.3, 0.4) is 0 Å². The number of hydrogen-bond acceptors (Lipinski definition) is 3. The first-order valence-corrected chi connectivity index (χ1v) is 12.1. The lowest BCUT2D eigenvalue weighted by Crippen LogP contribution is -1.94. The lowest BCUT2D eigenvalue weighted by Gasteiger charge is -2.09. The maximum Gasteiger partial charge on any atom is 0.165 e. The van der Waals surface area contributed by atoms with Gasteiger partial charge in [0.15, 0.2) is 5.65 Å². The zero-order valence-corrected chi connectivity index (χ0v) is 18.8. The van der Waals surface area contributed by atoms with Gasteiger partial charge in [0.05, 0.1) is 22.1 Å². The minimum absolute atomic E-state index is 0.899. The maximum atomic E-state index is 5.25. The fourth-order valence-corrected chi connectivity index (χ4v) is 6.51. The number of rotatable bonds is 0. The highest BCUT2D eigenvalue weighted by atomic mass is 15.0. The molecular weight excluding hydrogens is 428 g/mol. The first kappa shape index (κ1) is 17.8. The predicted molar refractivity (Wildman–Crippen MR) is 140 cm³/mol. The Morgan fingerprint density at radius 3 is 2.34 bits per heavy atom. The highest BCUT2D eigenvalue weighted by molar-refractivity contribution is 6.11. The molecule has 0 aliphatic heterocycles. The molecule has 0 saturated carbocycles. The van der Waals surface area contributed by atoms with Crippen molar-refractivity contribution in [2.75, 3.05) is 0 Å². The predicted octanol–water partition coefficient (Wildman–Crippen LogP) is 6.73. The second-order valence-electron chi connectivity index (χ2n) is 9.64. The van der Waals surface area contributed by atoms with E-state index in [1.807, 2.05) is 24.5 Å². The van der Waals surface area contributed by atoms with Crippen LogP contribution in [0.1, 0.15) is 22.3 Å². The van der Waals surface area contributed by atoms with Crippen molar-refractivity contribution in [1.82, 2.24) is 19.4 Å². The summed E-state index contributed by atoms with van der Waals surface area (Å²) in [6, 6.07) is 26.2. The minimum Gasteiger partial charge on any atom is -0.289 e. The van der Waals surface area contributed by atoms with Crippen molar-refractivity contribution in [3.05, 3.63) is 107 Å². The Labute approximate surface area is 200 Å². The van der Waals surface area contributed by atoms with E-state index < -0.39 is 0 Å². The van der Waals surface area contributed by atoms with Gasteiger partial charge in [0.25, 0.3) is 0 Å². The molecule has 0 unspecified atom stereocenters. The number of benzene rings is 3. The Balaban J connectivity index is 1.39. The van der Waals surface area contributed by atoms with Crippen LogP contribution in [0.4, 0.5) is 0 Å². The summed E-state index contributed by atoms with van der Waals surface area (Å²) in [7, 11) is 0. The SMILES string of the molecule is c1ccc2c(c1)Cc1c-2ccc2c1-c1ccc3c(nc4c5ncccc5c5ncccc5n34)c1C2. The number of aromatic nitrogens is 4. The topological polar surface area (TPSA) is 43.1 Å². The third-order valence-electron chi connectivity index (χ3n) is 7.94. The van der Waals surface area contributed by atoms with Gasteiger partial charge in [-0.1, -0.05) is 42.5 Å². The quantitative estimate of drug-likeness (QED) is 0.243. The monoisotopic (exact) mass is 446 g/mol. The molecule has 4 aromatic heterocycles. The van der Waals surface area contributed by atoms with Crippen LogP contribution in [-0.2, 0) is 12.8 Å². The third kappa shape index (κ3) is 2.11. The standard InChI is InChI=1S/C31H18N4/c1-2-6-19-17(5-1)15-23-20(19)10-9-18-16-24-21(27(18)23)11-12-26-29(24)34-31-30-22(7-3-13-33-30)28-25(35(26)31)8-4-14-32-28/h1-14H,15-16H2. The zero-order valence-electron chi connectivity index (χ0n) is 18.8. The van der Waals surface area contributed by atoms with Crippen LogP contribution in [0, 0.1) is 0 Å². The molecular formula is C31H18N4. The number of imidazole rings is 1. The van der Waals surface area contributed by atoms with Crippen LogP contribution < -0.4 is 0 Å². The van der Waals surface area contributed by atoms with E-state index in [-0.39, 0.29) is 0 Å². The van der Waals surface area contributed by atoms with Crippen LogP contribution in [0.25, 0.3) is 60.9 Å². The first-order chi connectivity index (χ1) is 17.4. The van der Waals surface area contributed by atoms with Crippen molar-refractivity contribution in [2.45, 2.75) is 12.8 Å². The summed E-state index contributed by atoms with van der Waals surface area (Å²) < 4.78 is 2.25. The van der Waals surface area contributed by atoms with E-state index in [0.29, 0.717) is 0 Å². The number of pyridine rings is 3. The van der Waals surface area contributed by atoms with Crippen LogP contribution in [0.2, 0.25) is 0 Å². The zero-order chi connectivity index (χ0) is 22.7. The Morgan fingerprint density at radius 2 is 1.37 bits per heavy atom. The fraction of sp³-hybridized carbons (Fsp3) is 0.0645. The van der Waals surface area contributed by atoms with Crippen molar-refractivity contribution < 1.29 is 0 Å². The van der Waals surface area contributed by atoms with Crippen molar-refractivity contribution in [3.63, 3.8) is 0 Å². The summed E-state index contributed by atoms with van der Waals surface area (Å²) in [6.45, 7) is 0. The van der Waals surface area contributed by atoms with Gasteiger partial charge in [-0.2, -0.15) is 0 Å². The highest BCUT2D eigenvalue weighted by Crippen LogP contribution is 2.49. The molecule has 0 radical (unpaired) electrons. The summed E-state index contributed by atoms with van der Waals surface area (Å²) in [6.07, 6.45) is 5.61. The fourth-order valence-electron chi connectivity index (χ4n) is 6.51. The normalized spacial score (nSPS) is 13.5. The average Bonchev–Trinajstić information content (AvgIpc) is 3.59. The molecule has 2 aliphatic carbocycles. The largest absolute Gasteiger partial charge is 0.289 e. The molecule has 0 bridgehead atoms. The Kier molecular flexibility index (Phi) is 3.11. The number of nitrogens with zero attached hydrogens (tertiary/aromatic N) is 4. The van der Waals surface area contributed by atoms with Gasteiger partial charge in [-0.25, -0.2) is 4.98 Å². The van der Waals surface area contributed by atoms with Gasteiger partial charge in [-0.15, -0.1) is 0 Å². The van der Waals surface area contributed by atoms with Gasteiger partial charge in [0.2, 0.25) is 0 Å². The second kappa shape index (κ2) is 6.10. The van der Waals surface area contributed by atoms with Gasteiger partial charge < -0.3 is 0 Å². The highest BCUT2D eigenvalue weighted by Gasteiger charge is 2.30. The van der Waals surface area contributed by atoms with E-state index in [1.165, 1.54) is 44.5 Å².